The smallest absolute Gasteiger partial charge is 0.238 e. The number of benzene rings is 1. The van der Waals surface area contributed by atoms with Crippen LogP contribution < -0.4 is 14.8 Å². The molecule has 4 nitrogen and oxygen atoms in total. The maximum absolute atomic E-state index is 11.9. The van der Waals surface area contributed by atoms with Gasteiger partial charge >= 0.3 is 0 Å². The van der Waals surface area contributed by atoms with Crippen molar-refractivity contribution in [2.75, 3.05) is 12.1 Å². The molecule has 0 bridgehead atoms. The van der Waals surface area contributed by atoms with Crippen LogP contribution in [0.2, 0.25) is 0 Å². The molecule has 0 fully saturated rings. The van der Waals surface area contributed by atoms with E-state index >= 15 is 0 Å². The van der Waals surface area contributed by atoms with Gasteiger partial charge in [0.1, 0.15) is 0 Å². The van der Waals surface area contributed by atoms with Crippen LogP contribution in [-0.2, 0) is 4.79 Å². The van der Waals surface area contributed by atoms with Gasteiger partial charge in [0.25, 0.3) is 0 Å². The SMILES string of the molecule is CCCC[C@@H](Br)C(=O)Nc1ccc2c(c1)OCO2. The van der Waals surface area contributed by atoms with Gasteiger partial charge in [-0.2, -0.15) is 0 Å². The largest absolute Gasteiger partial charge is 0.454 e. The van der Waals surface area contributed by atoms with Gasteiger partial charge in [-0.3, -0.25) is 4.79 Å². The van der Waals surface area contributed by atoms with Crippen molar-refractivity contribution >= 4 is 27.5 Å². The Hall–Kier alpha value is -1.23. The van der Waals surface area contributed by atoms with E-state index in [4.69, 9.17) is 9.47 Å². The Kier molecular flexibility index (Phi) is 4.47. The van der Waals surface area contributed by atoms with Crippen LogP contribution in [0.3, 0.4) is 0 Å². The van der Waals surface area contributed by atoms with Crippen molar-refractivity contribution in [1.29, 1.82) is 0 Å². The number of nitrogens with one attached hydrogen (secondary N) is 1. The van der Waals surface area contributed by atoms with Crippen molar-refractivity contribution in [2.45, 2.75) is 31.0 Å². The highest BCUT2D eigenvalue weighted by Crippen LogP contribution is 2.34. The second-order valence-corrected chi connectivity index (χ2v) is 5.27. The van der Waals surface area contributed by atoms with Crippen LogP contribution in [-0.4, -0.2) is 17.5 Å². The van der Waals surface area contributed by atoms with E-state index < -0.39 is 0 Å². The number of carbonyl (C=O) groups excluding carboxylic acids is 1. The normalized spacial score (nSPS) is 14.3. The molecule has 1 heterocycles. The monoisotopic (exact) mass is 313 g/mol. The second-order valence-electron chi connectivity index (χ2n) is 4.17. The number of fused-ring (bicyclic) bond motifs is 1. The molecule has 1 aliphatic rings. The number of carbonyl (C=O) groups is 1. The van der Waals surface area contributed by atoms with Crippen molar-refractivity contribution in [3.63, 3.8) is 0 Å². The van der Waals surface area contributed by atoms with Gasteiger partial charge in [0, 0.05) is 11.8 Å². The fraction of sp³-hybridized carbons (Fsp3) is 0.462. The summed E-state index contributed by atoms with van der Waals surface area (Å²) in [5.74, 6) is 1.36. The molecule has 0 saturated carbocycles. The molecule has 1 N–H and O–H groups in total. The summed E-state index contributed by atoms with van der Waals surface area (Å²) in [6.07, 6.45) is 2.96. The number of rotatable bonds is 5. The molecule has 1 amide bonds. The van der Waals surface area contributed by atoms with Gasteiger partial charge in [-0.1, -0.05) is 35.7 Å². The zero-order valence-corrected chi connectivity index (χ0v) is 11.8. The van der Waals surface area contributed by atoms with Crippen LogP contribution in [0.5, 0.6) is 11.5 Å². The summed E-state index contributed by atoms with van der Waals surface area (Å²) < 4.78 is 10.5. The maximum atomic E-state index is 11.9. The zero-order chi connectivity index (χ0) is 13.0. The minimum absolute atomic E-state index is 0.0256. The van der Waals surface area contributed by atoms with Crippen molar-refractivity contribution in [3.8, 4) is 11.5 Å². The van der Waals surface area contributed by atoms with Crippen LogP contribution in [0.1, 0.15) is 26.2 Å². The van der Waals surface area contributed by atoms with Crippen molar-refractivity contribution in [1.82, 2.24) is 0 Å². The number of amides is 1. The van der Waals surface area contributed by atoms with Crippen LogP contribution in [0, 0.1) is 0 Å². The number of halogens is 1. The molecule has 18 heavy (non-hydrogen) atoms. The molecule has 1 aromatic rings. The van der Waals surface area contributed by atoms with Gasteiger partial charge in [0.2, 0.25) is 12.7 Å². The third kappa shape index (κ3) is 3.16. The lowest BCUT2D eigenvalue weighted by Crippen LogP contribution is -2.22. The molecular formula is C13H16BrNO3. The van der Waals surface area contributed by atoms with E-state index in [1.807, 2.05) is 6.07 Å². The molecule has 0 aromatic heterocycles. The molecule has 0 saturated heterocycles. The number of ether oxygens (including phenoxy) is 2. The number of anilines is 1. The van der Waals surface area contributed by atoms with Gasteiger partial charge in [0.15, 0.2) is 11.5 Å². The van der Waals surface area contributed by atoms with E-state index in [-0.39, 0.29) is 17.5 Å². The van der Waals surface area contributed by atoms with Crippen molar-refractivity contribution in [3.05, 3.63) is 18.2 Å². The van der Waals surface area contributed by atoms with E-state index in [1.54, 1.807) is 12.1 Å². The predicted octanol–water partition coefficient (Wildman–Crippen LogP) is 3.31. The molecule has 0 aliphatic carbocycles. The molecule has 0 unspecified atom stereocenters. The maximum Gasteiger partial charge on any atom is 0.238 e. The Morgan fingerprint density at radius 1 is 1.44 bits per heavy atom. The molecule has 98 valence electrons. The zero-order valence-electron chi connectivity index (χ0n) is 10.2. The van der Waals surface area contributed by atoms with E-state index in [2.05, 4.69) is 28.2 Å². The van der Waals surface area contributed by atoms with Gasteiger partial charge in [-0.25, -0.2) is 0 Å². The highest BCUT2D eigenvalue weighted by molar-refractivity contribution is 9.10. The fourth-order valence-electron chi connectivity index (χ4n) is 1.71. The van der Waals surface area contributed by atoms with E-state index in [0.717, 1.165) is 30.7 Å². The Morgan fingerprint density at radius 3 is 3.00 bits per heavy atom. The van der Waals surface area contributed by atoms with Crippen LogP contribution in [0.25, 0.3) is 0 Å². The number of unbranched alkanes of at least 4 members (excludes halogenated alkanes) is 1. The van der Waals surface area contributed by atoms with E-state index in [0.29, 0.717) is 5.75 Å². The lowest BCUT2D eigenvalue weighted by atomic mass is 10.2. The topological polar surface area (TPSA) is 47.6 Å². The fourth-order valence-corrected chi connectivity index (χ4v) is 2.15. The molecule has 2 rings (SSSR count). The Bertz CT molecular complexity index is 436. The molecule has 1 aliphatic heterocycles. The van der Waals surface area contributed by atoms with Crippen LogP contribution >= 0.6 is 15.9 Å². The molecule has 1 aromatic carbocycles. The molecule has 1 atom stereocenters. The average Bonchev–Trinajstić information content (AvgIpc) is 2.83. The minimum Gasteiger partial charge on any atom is -0.454 e. The summed E-state index contributed by atoms with van der Waals surface area (Å²) in [6, 6.07) is 5.39. The Morgan fingerprint density at radius 2 is 2.22 bits per heavy atom. The second kappa shape index (κ2) is 6.09. The van der Waals surface area contributed by atoms with Crippen LogP contribution in [0.15, 0.2) is 18.2 Å². The Balaban J connectivity index is 1.94. The first-order chi connectivity index (χ1) is 8.70. The summed E-state index contributed by atoms with van der Waals surface area (Å²) in [5.41, 5.74) is 0.727. The quantitative estimate of drug-likeness (QED) is 0.848. The summed E-state index contributed by atoms with van der Waals surface area (Å²) >= 11 is 3.40. The third-order valence-electron chi connectivity index (χ3n) is 2.74. The van der Waals surface area contributed by atoms with E-state index in [9.17, 15) is 4.79 Å². The molecule has 0 radical (unpaired) electrons. The number of hydrogen-bond acceptors (Lipinski definition) is 3. The highest BCUT2D eigenvalue weighted by Gasteiger charge is 2.17. The standard InChI is InChI=1S/C13H16BrNO3/c1-2-3-4-10(14)13(16)15-9-5-6-11-12(7-9)18-8-17-11/h5-7,10H,2-4,8H2,1H3,(H,15,16)/t10-/m1/s1. The first kappa shape index (κ1) is 13.2. The predicted molar refractivity (Wildman–Crippen MR) is 73.4 cm³/mol. The lowest BCUT2D eigenvalue weighted by molar-refractivity contribution is -0.115. The number of alkyl halides is 1. The van der Waals surface area contributed by atoms with Gasteiger partial charge in [-0.05, 0) is 18.6 Å². The summed E-state index contributed by atoms with van der Waals surface area (Å²) in [6.45, 7) is 2.35. The Labute approximate surface area is 115 Å². The minimum atomic E-state index is -0.150. The first-order valence-electron chi connectivity index (χ1n) is 6.05. The van der Waals surface area contributed by atoms with Crippen molar-refractivity contribution in [2.24, 2.45) is 0 Å². The lowest BCUT2D eigenvalue weighted by Gasteiger charge is -2.10. The first-order valence-corrected chi connectivity index (χ1v) is 6.97. The molecular weight excluding hydrogens is 298 g/mol. The summed E-state index contributed by atoms with van der Waals surface area (Å²) in [7, 11) is 0. The van der Waals surface area contributed by atoms with E-state index in [1.165, 1.54) is 0 Å². The number of hydrogen-bond donors (Lipinski definition) is 1. The third-order valence-corrected chi connectivity index (χ3v) is 3.61. The highest BCUT2D eigenvalue weighted by atomic mass is 79.9. The van der Waals surface area contributed by atoms with Gasteiger partial charge < -0.3 is 14.8 Å². The summed E-state index contributed by atoms with van der Waals surface area (Å²) in [4.78, 5) is 11.7. The van der Waals surface area contributed by atoms with Gasteiger partial charge in [0.05, 0.1) is 4.83 Å². The molecule has 5 heteroatoms. The average molecular weight is 314 g/mol. The van der Waals surface area contributed by atoms with Crippen molar-refractivity contribution < 1.29 is 14.3 Å². The summed E-state index contributed by atoms with van der Waals surface area (Å²) in [5, 5.41) is 2.86. The van der Waals surface area contributed by atoms with Crippen LogP contribution in [0.4, 0.5) is 5.69 Å². The molecule has 0 spiro atoms. The van der Waals surface area contributed by atoms with Gasteiger partial charge in [-0.15, -0.1) is 0 Å².